The van der Waals surface area contributed by atoms with Gasteiger partial charge in [0.15, 0.2) is 0 Å². The highest BCUT2D eigenvalue weighted by molar-refractivity contribution is 5.47. The van der Waals surface area contributed by atoms with Crippen molar-refractivity contribution in [3.05, 3.63) is 65.7 Å². The van der Waals surface area contributed by atoms with Gasteiger partial charge in [-0.1, -0.05) is 43.7 Å². The number of benzene rings is 2. The zero-order valence-corrected chi connectivity index (χ0v) is 11.9. The second-order valence-corrected chi connectivity index (χ2v) is 4.92. The van der Waals surface area contributed by atoms with Crippen LogP contribution in [0.1, 0.15) is 30.9 Å². The van der Waals surface area contributed by atoms with Crippen LogP contribution in [0.3, 0.4) is 0 Å². The van der Waals surface area contributed by atoms with E-state index in [0.717, 1.165) is 13.1 Å². The van der Waals surface area contributed by atoms with Gasteiger partial charge in [0.05, 0.1) is 11.6 Å². The molecule has 0 fully saturated rings. The zero-order valence-electron chi connectivity index (χ0n) is 11.9. The van der Waals surface area contributed by atoms with E-state index in [2.05, 4.69) is 42.2 Å². The minimum Gasteiger partial charge on any atom is -0.367 e. The third-order valence-corrected chi connectivity index (χ3v) is 3.36. The summed E-state index contributed by atoms with van der Waals surface area (Å²) < 4.78 is 0. The summed E-state index contributed by atoms with van der Waals surface area (Å²) >= 11 is 0. The fraction of sp³-hybridized carbons (Fsp3) is 0.278. The van der Waals surface area contributed by atoms with Gasteiger partial charge in [-0.15, -0.1) is 0 Å². The van der Waals surface area contributed by atoms with Gasteiger partial charge in [-0.25, -0.2) is 0 Å². The Balaban J connectivity index is 2.13. The molecule has 0 bridgehead atoms. The molecule has 2 nitrogen and oxygen atoms in total. The monoisotopic (exact) mass is 264 g/mol. The normalized spacial score (nSPS) is 10.0. The van der Waals surface area contributed by atoms with E-state index in [4.69, 9.17) is 5.26 Å². The summed E-state index contributed by atoms with van der Waals surface area (Å²) in [5.41, 5.74) is 3.21. The third-order valence-electron chi connectivity index (χ3n) is 3.36. The molecule has 2 aromatic carbocycles. The highest BCUT2D eigenvalue weighted by atomic mass is 15.1. The quantitative estimate of drug-likeness (QED) is 0.775. The number of hydrogen-bond donors (Lipinski definition) is 0. The Morgan fingerprint density at radius 3 is 2.30 bits per heavy atom. The molecule has 0 spiro atoms. The molecule has 0 saturated carbocycles. The largest absolute Gasteiger partial charge is 0.367 e. The lowest BCUT2D eigenvalue weighted by molar-refractivity contribution is 0.716. The average molecular weight is 264 g/mol. The average Bonchev–Trinajstić information content (AvgIpc) is 2.53. The molecule has 0 aromatic heterocycles. The lowest BCUT2D eigenvalue weighted by Crippen LogP contribution is -2.23. The van der Waals surface area contributed by atoms with Crippen molar-refractivity contribution in [1.82, 2.24) is 0 Å². The van der Waals surface area contributed by atoms with Gasteiger partial charge in [-0.05, 0) is 36.2 Å². The van der Waals surface area contributed by atoms with Crippen LogP contribution in [0.4, 0.5) is 5.69 Å². The topological polar surface area (TPSA) is 27.0 Å². The van der Waals surface area contributed by atoms with Crippen molar-refractivity contribution in [2.24, 2.45) is 0 Å². The first-order chi connectivity index (χ1) is 9.83. The summed E-state index contributed by atoms with van der Waals surface area (Å²) in [5, 5.41) is 8.84. The Morgan fingerprint density at radius 2 is 1.70 bits per heavy atom. The van der Waals surface area contributed by atoms with Crippen molar-refractivity contribution in [3.63, 3.8) is 0 Å². The zero-order chi connectivity index (χ0) is 14.2. The Bertz CT molecular complexity index is 552. The van der Waals surface area contributed by atoms with Crippen molar-refractivity contribution in [1.29, 1.82) is 5.26 Å². The molecule has 0 saturated heterocycles. The SMILES string of the molecule is CCCCN(Cc1ccc(C#N)cc1)c1ccccc1. The van der Waals surface area contributed by atoms with Crippen LogP contribution in [0.15, 0.2) is 54.6 Å². The van der Waals surface area contributed by atoms with Gasteiger partial charge in [0.1, 0.15) is 0 Å². The second kappa shape index (κ2) is 7.35. The smallest absolute Gasteiger partial charge is 0.0991 e. The van der Waals surface area contributed by atoms with E-state index in [1.54, 1.807) is 0 Å². The molecule has 102 valence electrons. The minimum atomic E-state index is 0.716. The van der Waals surface area contributed by atoms with E-state index < -0.39 is 0 Å². The Labute approximate surface area is 121 Å². The fourth-order valence-corrected chi connectivity index (χ4v) is 2.19. The fourth-order valence-electron chi connectivity index (χ4n) is 2.19. The van der Waals surface area contributed by atoms with Crippen LogP contribution in [0, 0.1) is 11.3 Å². The van der Waals surface area contributed by atoms with Gasteiger partial charge in [0, 0.05) is 18.8 Å². The standard InChI is InChI=1S/C18H20N2/c1-2-3-13-20(18-7-5-4-6-8-18)15-17-11-9-16(14-19)10-12-17/h4-12H,2-3,13,15H2,1H3. The Hall–Kier alpha value is -2.27. The summed E-state index contributed by atoms with van der Waals surface area (Å²) in [6, 6.07) is 20.5. The number of rotatable bonds is 6. The molecule has 0 aliphatic heterocycles. The van der Waals surface area contributed by atoms with Crippen LogP contribution >= 0.6 is 0 Å². The number of anilines is 1. The summed E-state index contributed by atoms with van der Waals surface area (Å²) in [5.74, 6) is 0. The van der Waals surface area contributed by atoms with Crippen LogP contribution in [-0.4, -0.2) is 6.54 Å². The molecular weight excluding hydrogens is 244 g/mol. The molecule has 0 heterocycles. The molecule has 0 radical (unpaired) electrons. The summed E-state index contributed by atoms with van der Waals surface area (Å²) in [6.07, 6.45) is 2.38. The van der Waals surface area contributed by atoms with E-state index in [-0.39, 0.29) is 0 Å². The van der Waals surface area contributed by atoms with Gasteiger partial charge in [0.2, 0.25) is 0 Å². The molecule has 2 aromatic rings. The molecule has 2 rings (SSSR count). The maximum Gasteiger partial charge on any atom is 0.0991 e. The molecular formula is C18H20N2. The minimum absolute atomic E-state index is 0.716. The van der Waals surface area contributed by atoms with E-state index in [1.807, 2.05) is 30.3 Å². The lowest BCUT2D eigenvalue weighted by atomic mass is 10.1. The van der Waals surface area contributed by atoms with Gasteiger partial charge < -0.3 is 4.90 Å². The molecule has 0 N–H and O–H groups in total. The maximum absolute atomic E-state index is 8.84. The van der Waals surface area contributed by atoms with Crippen LogP contribution in [-0.2, 0) is 6.54 Å². The van der Waals surface area contributed by atoms with Crippen LogP contribution in [0.5, 0.6) is 0 Å². The number of hydrogen-bond acceptors (Lipinski definition) is 2. The second-order valence-electron chi connectivity index (χ2n) is 4.92. The Morgan fingerprint density at radius 1 is 1.00 bits per heavy atom. The first kappa shape index (κ1) is 14.1. The maximum atomic E-state index is 8.84. The van der Waals surface area contributed by atoms with E-state index >= 15 is 0 Å². The van der Waals surface area contributed by atoms with Gasteiger partial charge >= 0.3 is 0 Å². The number of para-hydroxylation sites is 1. The van der Waals surface area contributed by atoms with Crippen LogP contribution in [0.25, 0.3) is 0 Å². The van der Waals surface area contributed by atoms with Crippen LogP contribution < -0.4 is 4.90 Å². The van der Waals surface area contributed by atoms with Crippen molar-refractivity contribution in [2.45, 2.75) is 26.3 Å². The molecule has 0 amide bonds. The molecule has 0 atom stereocenters. The predicted octanol–water partition coefficient (Wildman–Crippen LogP) is 4.36. The lowest BCUT2D eigenvalue weighted by Gasteiger charge is -2.25. The molecule has 2 heteroatoms. The highest BCUT2D eigenvalue weighted by Gasteiger charge is 2.06. The van der Waals surface area contributed by atoms with Crippen molar-refractivity contribution in [2.75, 3.05) is 11.4 Å². The molecule has 0 unspecified atom stereocenters. The molecule has 0 aliphatic rings. The summed E-state index contributed by atoms with van der Waals surface area (Å²) in [4.78, 5) is 2.39. The number of nitriles is 1. The van der Waals surface area contributed by atoms with E-state index in [0.29, 0.717) is 5.56 Å². The third kappa shape index (κ3) is 3.86. The van der Waals surface area contributed by atoms with Gasteiger partial charge in [0.25, 0.3) is 0 Å². The number of nitrogens with zero attached hydrogens (tertiary/aromatic N) is 2. The first-order valence-electron chi connectivity index (χ1n) is 7.12. The molecule has 20 heavy (non-hydrogen) atoms. The summed E-state index contributed by atoms with van der Waals surface area (Å²) in [7, 11) is 0. The van der Waals surface area contributed by atoms with Crippen molar-refractivity contribution >= 4 is 5.69 Å². The number of unbranched alkanes of at least 4 members (excludes halogenated alkanes) is 1. The van der Waals surface area contributed by atoms with Crippen LogP contribution in [0.2, 0.25) is 0 Å². The molecule has 0 aliphatic carbocycles. The Kier molecular flexibility index (Phi) is 5.20. The van der Waals surface area contributed by atoms with Gasteiger partial charge in [-0.3, -0.25) is 0 Å². The van der Waals surface area contributed by atoms with Crippen molar-refractivity contribution in [3.8, 4) is 6.07 Å². The highest BCUT2D eigenvalue weighted by Crippen LogP contribution is 2.17. The van der Waals surface area contributed by atoms with Crippen molar-refractivity contribution < 1.29 is 0 Å². The van der Waals surface area contributed by atoms with E-state index in [1.165, 1.54) is 24.1 Å². The van der Waals surface area contributed by atoms with Gasteiger partial charge in [-0.2, -0.15) is 5.26 Å². The van der Waals surface area contributed by atoms with E-state index in [9.17, 15) is 0 Å². The first-order valence-corrected chi connectivity index (χ1v) is 7.12. The summed E-state index contributed by atoms with van der Waals surface area (Å²) in [6.45, 7) is 4.15. The predicted molar refractivity (Wildman–Crippen MR) is 83.6 cm³/mol.